The molecule has 3 rings (SSSR count). The van der Waals surface area contributed by atoms with Crippen LogP contribution in [0.15, 0.2) is 23.2 Å². The Bertz CT molecular complexity index is 816. The molecule has 6 nitrogen and oxygen atoms in total. The standard InChI is InChI=1S/C16H21N3O3S/c1-5-10-8-7-9-11-13(10)17-15(20)14-16(3,23(4,21)22)18-12(6-2)19(11)14/h7-9,14H,5-6H2,1-4H3,(H,17,20). The summed E-state index contributed by atoms with van der Waals surface area (Å²) in [7, 11) is -3.56. The lowest BCUT2D eigenvalue weighted by atomic mass is 10.00. The first-order valence-corrected chi connectivity index (χ1v) is 9.64. The quantitative estimate of drug-likeness (QED) is 0.916. The van der Waals surface area contributed by atoms with Crippen LogP contribution in [0.5, 0.6) is 0 Å². The molecule has 23 heavy (non-hydrogen) atoms. The molecule has 2 heterocycles. The number of hydrogen-bond donors (Lipinski definition) is 1. The zero-order valence-electron chi connectivity index (χ0n) is 13.8. The van der Waals surface area contributed by atoms with Gasteiger partial charge < -0.3 is 10.2 Å². The van der Waals surface area contributed by atoms with Crippen molar-refractivity contribution in [2.24, 2.45) is 4.99 Å². The van der Waals surface area contributed by atoms with Gasteiger partial charge in [0.15, 0.2) is 20.8 Å². The molecule has 0 fully saturated rings. The number of aliphatic imine (C=N–C) groups is 1. The van der Waals surface area contributed by atoms with Gasteiger partial charge in [0.2, 0.25) is 0 Å². The predicted molar refractivity (Wildman–Crippen MR) is 91.7 cm³/mol. The van der Waals surface area contributed by atoms with E-state index in [9.17, 15) is 13.2 Å². The van der Waals surface area contributed by atoms with Gasteiger partial charge in [0, 0.05) is 12.7 Å². The number of hydrogen-bond acceptors (Lipinski definition) is 5. The van der Waals surface area contributed by atoms with Crippen LogP contribution < -0.4 is 10.2 Å². The molecule has 1 amide bonds. The second-order valence-corrected chi connectivity index (χ2v) is 8.51. The molecule has 2 aliphatic rings. The maximum atomic E-state index is 12.7. The van der Waals surface area contributed by atoms with Gasteiger partial charge in [0.1, 0.15) is 5.84 Å². The average molecular weight is 335 g/mol. The Kier molecular flexibility index (Phi) is 3.51. The Morgan fingerprint density at radius 1 is 1.30 bits per heavy atom. The molecule has 1 aromatic rings. The number of benzene rings is 1. The summed E-state index contributed by atoms with van der Waals surface area (Å²) in [5, 5.41) is 2.90. The van der Waals surface area contributed by atoms with E-state index in [2.05, 4.69) is 10.3 Å². The van der Waals surface area contributed by atoms with Crippen LogP contribution in [0.1, 0.15) is 32.8 Å². The van der Waals surface area contributed by atoms with E-state index in [-0.39, 0.29) is 5.91 Å². The zero-order chi connectivity index (χ0) is 17.0. The Hall–Kier alpha value is -1.89. The Morgan fingerprint density at radius 3 is 2.57 bits per heavy atom. The number of nitrogens with zero attached hydrogens (tertiary/aromatic N) is 2. The highest BCUT2D eigenvalue weighted by atomic mass is 32.2. The van der Waals surface area contributed by atoms with E-state index in [0.717, 1.165) is 29.6 Å². The van der Waals surface area contributed by atoms with Crippen molar-refractivity contribution in [3.63, 3.8) is 0 Å². The SMILES string of the molecule is CCC1=NC(C)(S(C)(=O)=O)C2C(=O)Nc3c(CC)cccc3N12. The van der Waals surface area contributed by atoms with Crippen molar-refractivity contribution in [1.82, 2.24) is 0 Å². The highest BCUT2D eigenvalue weighted by Gasteiger charge is 2.57. The van der Waals surface area contributed by atoms with E-state index < -0.39 is 20.8 Å². The van der Waals surface area contributed by atoms with E-state index in [1.54, 1.807) is 4.90 Å². The summed E-state index contributed by atoms with van der Waals surface area (Å²) in [6.07, 6.45) is 2.48. The minimum atomic E-state index is -3.56. The number of aryl methyl sites for hydroxylation is 1. The van der Waals surface area contributed by atoms with Crippen LogP contribution in [0.25, 0.3) is 0 Å². The molecule has 0 aliphatic carbocycles. The third-order valence-electron chi connectivity index (χ3n) is 4.73. The fourth-order valence-electron chi connectivity index (χ4n) is 3.35. The number of amides is 1. The summed E-state index contributed by atoms with van der Waals surface area (Å²) in [4.78, 5) is 17.5. The first-order valence-electron chi connectivity index (χ1n) is 7.75. The summed E-state index contributed by atoms with van der Waals surface area (Å²) in [6, 6.07) is 4.93. The molecule has 2 aliphatic heterocycles. The predicted octanol–water partition coefficient (Wildman–Crippen LogP) is 1.96. The lowest BCUT2D eigenvalue weighted by Crippen LogP contribution is -2.58. The normalized spacial score (nSPS) is 26.4. The average Bonchev–Trinajstić information content (AvgIpc) is 2.82. The third-order valence-corrected chi connectivity index (χ3v) is 6.54. The van der Waals surface area contributed by atoms with Crippen LogP contribution in [0.3, 0.4) is 0 Å². The minimum Gasteiger partial charge on any atom is -0.322 e. The molecule has 124 valence electrons. The summed E-state index contributed by atoms with van der Waals surface area (Å²) in [6.45, 7) is 5.46. The van der Waals surface area contributed by atoms with Gasteiger partial charge in [-0.25, -0.2) is 13.4 Å². The van der Waals surface area contributed by atoms with Gasteiger partial charge in [-0.15, -0.1) is 0 Å². The molecular formula is C16H21N3O3S. The highest BCUT2D eigenvalue weighted by Crippen LogP contribution is 2.44. The van der Waals surface area contributed by atoms with Crippen LogP contribution in [0.4, 0.5) is 11.4 Å². The number of carbonyl (C=O) groups excluding carboxylic acids is 1. The molecule has 7 heteroatoms. The maximum absolute atomic E-state index is 12.7. The van der Waals surface area contributed by atoms with E-state index in [4.69, 9.17) is 0 Å². The van der Waals surface area contributed by atoms with Crippen LogP contribution >= 0.6 is 0 Å². The van der Waals surface area contributed by atoms with Crippen molar-refractivity contribution in [1.29, 1.82) is 0 Å². The first-order chi connectivity index (χ1) is 10.7. The molecule has 2 atom stereocenters. The molecule has 1 N–H and O–H groups in total. The molecule has 0 saturated heterocycles. The number of carbonyl (C=O) groups is 1. The van der Waals surface area contributed by atoms with Gasteiger partial charge in [-0.3, -0.25) is 4.79 Å². The Balaban J connectivity index is 2.26. The topological polar surface area (TPSA) is 78.8 Å². The minimum absolute atomic E-state index is 0.321. The number of sulfone groups is 1. The number of rotatable bonds is 3. The van der Waals surface area contributed by atoms with E-state index in [1.807, 2.05) is 32.0 Å². The maximum Gasteiger partial charge on any atom is 0.251 e. The molecule has 0 bridgehead atoms. The van der Waals surface area contributed by atoms with Crippen molar-refractivity contribution in [2.75, 3.05) is 16.5 Å². The fourth-order valence-corrected chi connectivity index (χ4v) is 4.24. The molecule has 0 spiro atoms. The molecule has 0 saturated carbocycles. The zero-order valence-corrected chi connectivity index (χ0v) is 14.6. The molecule has 0 radical (unpaired) electrons. The lowest BCUT2D eigenvalue weighted by Gasteiger charge is -2.38. The van der Waals surface area contributed by atoms with Gasteiger partial charge in [-0.05, 0) is 25.0 Å². The van der Waals surface area contributed by atoms with E-state index in [1.165, 1.54) is 6.92 Å². The molecule has 0 aromatic heterocycles. The highest BCUT2D eigenvalue weighted by molar-refractivity contribution is 7.92. The summed E-state index contributed by atoms with van der Waals surface area (Å²) < 4.78 is 24.7. The van der Waals surface area contributed by atoms with Gasteiger partial charge in [-0.1, -0.05) is 26.0 Å². The van der Waals surface area contributed by atoms with Gasteiger partial charge in [0.05, 0.1) is 11.4 Å². The molecule has 2 unspecified atom stereocenters. The van der Waals surface area contributed by atoms with Gasteiger partial charge >= 0.3 is 0 Å². The van der Waals surface area contributed by atoms with Crippen LogP contribution in [0.2, 0.25) is 0 Å². The van der Waals surface area contributed by atoms with Crippen LogP contribution in [0, 0.1) is 0 Å². The molecular weight excluding hydrogens is 314 g/mol. The van der Waals surface area contributed by atoms with E-state index >= 15 is 0 Å². The number of amidine groups is 1. The second-order valence-electron chi connectivity index (χ2n) is 6.13. The monoisotopic (exact) mass is 335 g/mol. The first kappa shape index (κ1) is 16.0. The van der Waals surface area contributed by atoms with Crippen molar-refractivity contribution in [3.05, 3.63) is 23.8 Å². The van der Waals surface area contributed by atoms with Crippen LogP contribution in [-0.4, -0.2) is 37.3 Å². The van der Waals surface area contributed by atoms with Crippen molar-refractivity contribution in [3.8, 4) is 0 Å². The fraction of sp³-hybridized carbons (Fsp3) is 0.500. The van der Waals surface area contributed by atoms with Gasteiger partial charge in [0.25, 0.3) is 5.91 Å². The smallest absolute Gasteiger partial charge is 0.251 e. The number of fused-ring (bicyclic) bond motifs is 3. The van der Waals surface area contributed by atoms with Crippen molar-refractivity contribution >= 4 is 33.0 Å². The summed E-state index contributed by atoms with van der Waals surface area (Å²) >= 11 is 0. The van der Waals surface area contributed by atoms with Gasteiger partial charge in [-0.2, -0.15) is 0 Å². The lowest BCUT2D eigenvalue weighted by molar-refractivity contribution is -0.117. The van der Waals surface area contributed by atoms with Crippen LogP contribution in [-0.2, 0) is 21.1 Å². The largest absolute Gasteiger partial charge is 0.322 e. The van der Waals surface area contributed by atoms with Crippen molar-refractivity contribution < 1.29 is 13.2 Å². The number of anilines is 2. The Labute approximate surface area is 136 Å². The number of nitrogens with one attached hydrogen (secondary N) is 1. The number of para-hydroxylation sites is 1. The molecule has 1 aromatic carbocycles. The summed E-state index contributed by atoms with van der Waals surface area (Å²) in [5.41, 5.74) is 2.61. The van der Waals surface area contributed by atoms with E-state index in [0.29, 0.717) is 12.3 Å². The third kappa shape index (κ3) is 2.09. The second kappa shape index (κ2) is 5.06. The summed E-state index contributed by atoms with van der Waals surface area (Å²) in [5.74, 6) is 0.311. The van der Waals surface area contributed by atoms with Crippen molar-refractivity contribution in [2.45, 2.75) is 44.5 Å². The Morgan fingerprint density at radius 2 is 2.00 bits per heavy atom.